The number of fused-ring (bicyclic) bond motifs is 1. The molecule has 0 saturated carbocycles. The van der Waals surface area contributed by atoms with E-state index in [1.165, 1.54) is 15.5 Å². The van der Waals surface area contributed by atoms with Crippen LogP contribution in [0.5, 0.6) is 0 Å². The van der Waals surface area contributed by atoms with Crippen molar-refractivity contribution in [1.29, 1.82) is 10.5 Å². The zero-order valence-electron chi connectivity index (χ0n) is 17.4. The van der Waals surface area contributed by atoms with Gasteiger partial charge in [-0.2, -0.15) is 10.5 Å². The van der Waals surface area contributed by atoms with E-state index in [4.69, 9.17) is 10.5 Å². The molecule has 1 aromatic heterocycles. The summed E-state index contributed by atoms with van der Waals surface area (Å²) < 4.78 is 15.5. The molecule has 32 heavy (non-hydrogen) atoms. The largest absolute Gasteiger partial charge is 0.340 e. The van der Waals surface area contributed by atoms with Crippen molar-refractivity contribution in [2.24, 2.45) is 0 Å². The molecule has 0 aliphatic rings. The summed E-state index contributed by atoms with van der Waals surface area (Å²) in [5.74, 6) is -0.769. The van der Waals surface area contributed by atoms with Gasteiger partial charge in [-0.3, -0.25) is 14.2 Å². The van der Waals surface area contributed by atoms with Crippen LogP contribution in [0.1, 0.15) is 18.4 Å². The number of amides is 1. The van der Waals surface area contributed by atoms with Crippen LogP contribution in [0, 0.1) is 35.4 Å². The number of carbonyl (C=O) groups is 1. The van der Waals surface area contributed by atoms with Gasteiger partial charge in [-0.15, -0.1) is 0 Å². The third-order valence-corrected chi connectivity index (χ3v) is 5.75. The van der Waals surface area contributed by atoms with Crippen LogP contribution in [-0.4, -0.2) is 39.2 Å². The van der Waals surface area contributed by atoms with Gasteiger partial charge in [0.1, 0.15) is 5.82 Å². The Morgan fingerprint density at radius 1 is 1.16 bits per heavy atom. The maximum absolute atomic E-state index is 14.2. The number of thioether (sulfide) groups is 1. The first kappa shape index (κ1) is 23.0. The summed E-state index contributed by atoms with van der Waals surface area (Å²) in [4.78, 5) is 32.0. The van der Waals surface area contributed by atoms with E-state index < -0.39 is 5.82 Å². The van der Waals surface area contributed by atoms with Gasteiger partial charge in [0.2, 0.25) is 5.91 Å². The van der Waals surface area contributed by atoms with Gasteiger partial charge in [0.05, 0.1) is 47.3 Å². The van der Waals surface area contributed by atoms with Crippen molar-refractivity contribution in [2.45, 2.75) is 24.9 Å². The van der Waals surface area contributed by atoms with E-state index >= 15 is 0 Å². The smallest absolute Gasteiger partial charge is 0.266 e. The number of carbonyl (C=O) groups excluding carboxylic acids is 1. The van der Waals surface area contributed by atoms with Gasteiger partial charge in [-0.1, -0.05) is 30.0 Å². The molecule has 0 unspecified atom stereocenters. The molecular formula is C23H20FN5O2S. The summed E-state index contributed by atoms with van der Waals surface area (Å²) in [7, 11) is 0. The molecule has 3 rings (SSSR count). The molecule has 7 nitrogen and oxygen atoms in total. The molecule has 0 radical (unpaired) electrons. The molecule has 0 atom stereocenters. The Labute approximate surface area is 188 Å². The van der Waals surface area contributed by atoms with Crippen molar-refractivity contribution in [2.75, 3.05) is 18.8 Å². The van der Waals surface area contributed by atoms with Gasteiger partial charge in [0, 0.05) is 13.1 Å². The van der Waals surface area contributed by atoms with E-state index in [1.54, 1.807) is 43.3 Å². The summed E-state index contributed by atoms with van der Waals surface area (Å²) in [5, 5.41) is 18.3. The third-order valence-electron chi connectivity index (χ3n) is 4.82. The third kappa shape index (κ3) is 5.13. The number of hydrogen-bond acceptors (Lipinski definition) is 6. The lowest BCUT2D eigenvalue weighted by Crippen LogP contribution is -2.34. The average molecular weight is 450 g/mol. The molecule has 0 fully saturated rings. The Kier molecular flexibility index (Phi) is 7.58. The zero-order chi connectivity index (χ0) is 23.1. The first-order chi connectivity index (χ1) is 15.5. The number of benzene rings is 2. The zero-order valence-corrected chi connectivity index (χ0v) is 18.2. The fraction of sp³-hybridized carbons (Fsp3) is 0.261. The van der Waals surface area contributed by atoms with Crippen molar-refractivity contribution in [3.63, 3.8) is 0 Å². The highest BCUT2D eigenvalue weighted by Gasteiger charge is 2.18. The van der Waals surface area contributed by atoms with E-state index in [0.29, 0.717) is 22.2 Å². The lowest BCUT2D eigenvalue weighted by molar-refractivity contribution is -0.128. The Bertz CT molecular complexity index is 1270. The lowest BCUT2D eigenvalue weighted by atomic mass is 10.2. The summed E-state index contributed by atoms with van der Waals surface area (Å²) in [5.41, 5.74) is 0.879. The summed E-state index contributed by atoms with van der Waals surface area (Å²) >= 11 is 1.06. The maximum Gasteiger partial charge on any atom is 0.266 e. The van der Waals surface area contributed by atoms with E-state index in [9.17, 15) is 14.0 Å². The van der Waals surface area contributed by atoms with E-state index in [2.05, 4.69) is 4.98 Å². The first-order valence-electron chi connectivity index (χ1n) is 9.89. The Morgan fingerprint density at radius 3 is 2.50 bits per heavy atom. The molecule has 0 aliphatic carbocycles. The highest BCUT2D eigenvalue weighted by atomic mass is 32.2. The van der Waals surface area contributed by atoms with E-state index in [-0.39, 0.29) is 48.3 Å². The predicted molar refractivity (Wildman–Crippen MR) is 120 cm³/mol. The Balaban J connectivity index is 1.99. The average Bonchev–Trinajstić information content (AvgIpc) is 2.79. The standard InChI is InChI=1S/C23H20FN5O2S/c1-16-8-9-17(14-19(16)24)29-22(31)18-6-2-3-7-20(18)27-23(29)32-15-21(30)28(12-4-10-25)13-5-11-26/h2-3,6-9,14H,4-5,12-13,15H2,1H3. The molecule has 0 bridgehead atoms. The van der Waals surface area contributed by atoms with Gasteiger partial charge < -0.3 is 4.90 Å². The number of halogens is 1. The number of hydrogen-bond donors (Lipinski definition) is 0. The number of para-hydroxylation sites is 1. The fourth-order valence-electron chi connectivity index (χ4n) is 3.11. The van der Waals surface area contributed by atoms with Crippen molar-refractivity contribution in [1.82, 2.24) is 14.5 Å². The Hall–Kier alpha value is -3.69. The highest BCUT2D eigenvalue weighted by molar-refractivity contribution is 7.99. The fourth-order valence-corrected chi connectivity index (χ4v) is 4.02. The molecule has 0 aliphatic heterocycles. The van der Waals surface area contributed by atoms with E-state index in [0.717, 1.165) is 11.8 Å². The molecule has 0 spiro atoms. The number of nitrogens with zero attached hydrogens (tertiary/aromatic N) is 5. The van der Waals surface area contributed by atoms with Crippen LogP contribution >= 0.6 is 11.8 Å². The second kappa shape index (κ2) is 10.6. The van der Waals surface area contributed by atoms with Gasteiger partial charge >= 0.3 is 0 Å². The normalized spacial score (nSPS) is 10.5. The quantitative estimate of drug-likeness (QED) is 0.385. The molecule has 0 N–H and O–H groups in total. The molecule has 162 valence electrons. The second-order valence-corrected chi connectivity index (χ2v) is 7.91. The van der Waals surface area contributed by atoms with Crippen molar-refractivity contribution in [3.05, 3.63) is 64.2 Å². The second-order valence-electron chi connectivity index (χ2n) is 6.97. The highest BCUT2D eigenvalue weighted by Crippen LogP contribution is 2.23. The SMILES string of the molecule is Cc1ccc(-n2c(SCC(=O)N(CCC#N)CCC#N)nc3ccccc3c2=O)cc1F. The number of nitriles is 2. The van der Waals surface area contributed by atoms with Gasteiger partial charge in [0.25, 0.3) is 5.56 Å². The van der Waals surface area contributed by atoms with Crippen molar-refractivity contribution >= 4 is 28.6 Å². The first-order valence-corrected chi connectivity index (χ1v) is 10.9. The van der Waals surface area contributed by atoms with Crippen LogP contribution in [0.4, 0.5) is 4.39 Å². The van der Waals surface area contributed by atoms with Crippen LogP contribution in [0.3, 0.4) is 0 Å². The van der Waals surface area contributed by atoms with Crippen LogP contribution in [0.25, 0.3) is 16.6 Å². The van der Waals surface area contributed by atoms with Crippen LogP contribution in [-0.2, 0) is 4.79 Å². The van der Waals surface area contributed by atoms with Gasteiger partial charge in [-0.05, 0) is 36.8 Å². The molecule has 3 aromatic rings. The predicted octanol–water partition coefficient (Wildman–Crippen LogP) is 3.58. The minimum absolute atomic E-state index is 0.0457. The van der Waals surface area contributed by atoms with Crippen molar-refractivity contribution < 1.29 is 9.18 Å². The van der Waals surface area contributed by atoms with E-state index in [1.807, 2.05) is 12.1 Å². The van der Waals surface area contributed by atoms with Gasteiger partial charge in [-0.25, -0.2) is 9.37 Å². The Morgan fingerprint density at radius 2 is 1.84 bits per heavy atom. The molecule has 0 saturated heterocycles. The topological polar surface area (TPSA) is 103 Å². The lowest BCUT2D eigenvalue weighted by Gasteiger charge is -2.20. The molecule has 2 aromatic carbocycles. The molecule has 9 heteroatoms. The van der Waals surface area contributed by atoms with Crippen LogP contribution in [0.2, 0.25) is 0 Å². The number of aromatic nitrogens is 2. The summed E-state index contributed by atoms with van der Waals surface area (Å²) in [6, 6.07) is 15.3. The minimum Gasteiger partial charge on any atom is -0.340 e. The minimum atomic E-state index is -0.450. The van der Waals surface area contributed by atoms with Gasteiger partial charge in [0.15, 0.2) is 5.16 Å². The van der Waals surface area contributed by atoms with Crippen LogP contribution in [0.15, 0.2) is 52.4 Å². The number of aryl methyl sites for hydroxylation is 1. The molecular weight excluding hydrogens is 429 g/mol. The van der Waals surface area contributed by atoms with Crippen LogP contribution < -0.4 is 5.56 Å². The monoisotopic (exact) mass is 449 g/mol. The summed E-state index contributed by atoms with van der Waals surface area (Å²) in [6.45, 7) is 2.07. The maximum atomic E-state index is 14.2. The molecule has 1 heterocycles. The molecule has 1 amide bonds. The summed E-state index contributed by atoms with van der Waals surface area (Å²) in [6.07, 6.45) is 0.312. The van der Waals surface area contributed by atoms with Crippen molar-refractivity contribution in [3.8, 4) is 17.8 Å². The number of rotatable bonds is 8.